The minimum Gasteiger partial charge on any atom is -0.296 e. The second kappa shape index (κ2) is 5.79. The molecule has 1 aliphatic heterocycles. The van der Waals surface area contributed by atoms with Crippen molar-refractivity contribution in [3.63, 3.8) is 0 Å². The second-order valence-corrected chi connectivity index (χ2v) is 6.89. The van der Waals surface area contributed by atoms with Crippen LogP contribution in [0.2, 0.25) is 0 Å². The van der Waals surface area contributed by atoms with Crippen molar-refractivity contribution in [2.75, 3.05) is 13.1 Å². The number of hydrogen-bond acceptors (Lipinski definition) is 3. The Morgan fingerprint density at radius 2 is 2.05 bits per heavy atom. The molecular weight excluding hydrogens is 258 g/mol. The summed E-state index contributed by atoms with van der Waals surface area (Å²) >= 11 is 0. The van der Waals surface area contributed by atoms with E-state index < -0.39 is 0 Å². The fraction of sp³-hybridized carbons (Fsp3) is 0.611. The first-order valence-corrected chi connectivity index (χ1v) is 8.11. The summed E-state index contributed by atoms with van der Waals surface area (Å²) in [5, 5.41) is 13.4. The minimum absolute atomic E-state index is 0.349. The lowest BCUT2D eigenvalue weighted by Crippen LogP contribution is -2.57. The number of nitrogens with zero attached hydrogens (tertiary/aromatic N) is 2. The van der Waals surface area contributed by atoms with Crippen molar-refractivity contribution in [3.05, 3.63) is 35.4 Å². The van der Waals surface area contributed by atoms with Crippen LogP contribution in [0.15, 0.2) is 24.3 Å². The van der Waals surface area contributed by atoms with Gasteiger partial charge in [0.15, 0.2) is 0 Å². The first-order valence-electron chi connectivity index (χ1n) is 8.11. The van der Waals surface area contributed by atoms with Crippen LogP contribution < -0.4 is 5.32 Å². The van der Waals surface area contributed by atoms with Crippen LogP contribution in [0.4, 0.5) is 0 Å². The molecule has 1 aromatic carbocycles. The van der Waals surface area contributed by atoms with Crippen LogP contribution in [0.25, 0.3) is 0 Å². The zero-order valence-electron chi connectivity index (χ0n) is 13.1. The predicted molar refractivity (Wildman–Crippen MR) is 84.8 cm³/mol. The average molecular weight is 283 g/mol. The second-order valence-electron chi connectivity index (χ2n) is 6.89. The molecule has 112 valence electrons. The summed E-state index contributed by atoms with van der Waals surface area (Å²) < 4.78 is 0. The summed E-state index contributed by atoms with van der Waals surface area (Å²) in [7, 11) is 0. The Kier molecular flexibility index (Phi) is 4.01. The highest BCUT2D eigenvalue weighted by molar-refractivity contribution is 5.29. The highest BCUT2D eigenvalue weighted by Gasteiger charge is 2.47. The van der Waals surface area contributed by atoms with Crippen LogP contribution in [0.5, 0.6) is 0 Å². The summed E-state index contributed by atoms with van der Waals surface area (Å²) in [5.74, 6) is 0.530. The Balaban J connectivity index is 1.74. The summed E-state index contributed by atoms with van der Waals surface area (Å²) in [6, 6.07) is 11.7. The number of benzene rings is 1. The van der Waals surface area contributed by atoms with Gasteiger partial charge in [-0.3, -0.25) is 10.2 Å². The lowest BCUT2D eigenvalue weighted by atomic mass is 9.91. The molecule has 1 atom stereocenters. The van der Waals surface area contributed by atoms with E-state index in [0.29, 0.717) is 12.0 Å². The van der Waals surface area contributed by atoms with Gasteiger partial charge in [-0.1, -0.05) is 24.3 Å². The molecule has 0 saturated heterocycles. The Bertz CT molecular complexity index is 542. The van der Waals surface area contributed by atoms with E-state index in [2.05, 4.69) is 54.4 Å². The first-order chi connectivity index (χ1) is 10.1. The SMILES string of the molecule is CC(C)NC(C#N)(CN1CCc2ccccc2C1)C1CC1. The number of hydrogen-bond donors (Lipinski definition) is 1. The average Bonchev–Trinajstić information content (AvgIpc) is 3.31. The largest absolute Gasteiger partial charge is 0.296 e. The van der Waals surface area contributed by atoms with E-state index in [0.717, 1.165) is 26.1 Å². The van der Waals surface area contributed by atoms with Gasteiger partial charge in [0.25, 0.3) is 0 Å². The first kappa shape index (κ1) is 14.6. The summed E-state index contributed by atoms with van der Waals surface area (Å²) in [4.78, 5) is 2.46. The maximum atomic E-state index is 9.82. The van der Waals surface area contributed by atoms with E-state index in [1.165, 1.54) is 24.0 Å². The molecule has 0 spiro atoms. The third kappa shape index (κ3) is 3.12. The van der Waals surface area contributed by atoms with Crippen LogP contribution in [-0.2, 0) is 13.0 Å². The van der Waals surface area contributed by atoms with Crippen LogP contribution >= 0.6 is 0 Å². The summed E-state index contributed by atoms with van der Waals surface area (Å²) in [5.41, 5.74) is 2.54. The highest BCUT2D eigenvalue weighted by Crippen LogP contribution is 2.40. The molecule has 1 N–H and O–H groups in total. The van der Waals surface area contributed by atoms with Gasteiger partial charge < -0.3 is 0 Å². The zero-order valence-corrected chi connectivity index (χ0v) is 13.1. The van der Waals surface area contributed by atoms with E-state index in [9.17, 15) is 5.26 Å². The predicted octanol–water partition coefficient (Wildman–Crippen LogP) is 2.72. The molecule has 21 heavy (non-hydrogen) atoms. The third-order valence-corrected chi connectivity index (χ3v) is 4.70. The van der Waals surface area contributed by atoms with E-state index >= 15 is 0 Å². The van der Waals surface area contributed by atoms with Gasteiger partial charge in [-0.15, -0.1) is 0 Å². The number of nitriles is 1. The summed E-state index contributed by atoms with van der Waals surface area (Å²) in [6.07, 6.45) is 3.49. The number of fused-ring (bicyclic) bond motifs is 1. The van der Waals surface area contributed by atoms with E-state index in [-0.39, 0.29) is 5.54 Å². The smallest absolute Gasteiger partial charge is 0.122 e. The highest BCUT2D eigenvalue weighted by atomic mass is 15.2. The topological polar surface area (TPSA) is 39.1 Å². The molecule has 1 aliphatic carbocycles. The van der Waals surface area contributed by atoms with Crippen LogP contribution in [0, 0.1) is 17.2 Å². The molecule has 0 amide bonds. The van der Waals surface area contributed by atoms with Gasteiger partial charge in [0, 0.05) is 25.7 Å². The van der Waals surface area contributed by atoms with Gasteiger partial charge in [-0.25, -0.2) is 0 Å². The lowest BCUT2D eigenvalue weighted by molar-refractivity contribution is 0.175. The molecule has 1 saturated carbocycles. The minimum atomic E-state index is -0.361. The van der Waals surface area contributed by atoms with Crippen molar-refractivity contribution in [2.45, 2.75) is 51.2 Å². The fourth-order valence-electron chi connectivity index (χ4n) is 3.58. The maximum absolute atomic E-state index is 9.82. The van der Waals surface area contributed by atoms with Crippen molar-refractivity contribution in [1.82, 2.24) is 10.2 Å². The molecule has 3 nitrogen and oxygen atoms in total. The van der Waals surface area contributed by atoms with Crippen LogP contribution in [0.1, 0.15) is 37.8 Å². The maximum Gasteiger partial charge on any atom is 0.122 e. The fourth-order valence-corrected chi connectivity index (χ4v) is 3.58. The lowest BCUT2D eigenvalue weighted by Gasteiger charge is -2.38. The van der Waals surface area contributed by atoms with E-state index in [4.69, 9.17) is 0 Å². The van der Waals surface area contributed by atoms with Gasteiger partial charge in [0.1, 0.15) is 5.54 Å². The number of rotatable bonds is 5. The normalized spacial score (nSPS) is 21.6. The molecule has 1 heterocycles. The Morgan fingerprint density at radius 1 is 1.33 bits per heavy atom. The van der Waals surface area contributed by atoms with Crippen LogP contribution in [0.3, 0.4) is 0 Å². The molecule has 0 radical (unpaired) electrons. The molecule has 0 bridgehead atoms. The van der Waals surface area contributed by atoms with Gasteiger partial charge >= 0.3 is 0 Å². The molecule has 2 aliphatic rings. The van der Waals surface area contributed by atoms with Gasteiger partial charge in [-0.05, 0) is 50.2 Å². The molecule has 3 heteroatoms. The Hall–Kier alpha value is -1.37. The quantitative estimate of drug-likeness (QED) is 0.903. The molecule has 1 unspecified atom stereocenters. The van der Waals surface area contributed by atoms with Crippen molar-refractivity contribution in [1.29, 1.82) is 5.26 Å². The molecule has 0 aromatic heterocycles. The number of nitrogens with one attached hydrogen (secondary N) is 1. The van der Waals surface area contributed by atoms with Crippen molar-refractivity contribution in [3.8, 4) is 6.07 Å². The van der Waals surface area contributed by atoms with Crippen molar-refractivity contribution >= 4 is 0 Å². The van der Waals surface area contributed by atoms with Gasteiger partial charge in [0.2, 0.25) is 0 Å². The summed E-state index contributed by atoms with van der Waals surface area (Å²) in [6.45, 7) is 7.17. The molecule has 1 aromatic rings. The molecular formula is C18H25N3. The van der Waals surface area contributed by atoms with Gasteiger partial charge in [-0.2, -0.15) is 5.26 Å². The zero-order chi connectivity index (χ0) is 14.9. The standard InChI is InChI=1S/C18H25N3/c1-14(2)20-18(12-19,17-7-8-17)13-21-10-9-15-5-3-4-6-16(15)11-21/h3-6,14,17,20H,7-11,13H2,1-2H3. The van der Waals surface area contributed by atoms with Crippen molar-refractivity contribution in [2.24, 2.45) is 5.92 Å². The third-order valence-electron chi connectivity index (χ3n) is 4.70. The van der Waals surface area contributed by atoms with Gasteiger partial charge in [0.05, 0.1) is 6.07 Å². The van der Waals surface area contributed by atoms with Crippen molar-refractivity contribution < 1.29 is 0 Å². The monoisotopic (exact) mass is 283 g/mol. The molecule has 1 fully saturated rings. The van der Waals surface area contributed by atoms with Crippen LogP contribution in [-0.4, -0.2) is 29.6 Å². The Morgan fingerprint density at radius 3 is 2.67 bits per heavy atom. The Labute approximate surface area is 128 Å². The van der Waals surface area contributed by atoms with E-state index in [1.807, 2.05) is 0 Å². The molecule has 3 rings (SSSR count). The van der Waals surface area contributed by atoms with E-state index in [1.54, 1.807) is 0 Å².